The molecule has 0 fully saturated rings. The molecule has 0 aliphatic carbocycles. The van der Waals surface area contributed by atoms with Crippen LogP contribution in [0.25, 0.3) is 0 Å². The molecule has 0 aliphatic rings. The predicted molar refractivity (Wildman–Crippen MR) is 76.0 cm³/mol. The van der Waals surface area contributed by atoms with Crippen LogP contribution in [0.5, 0.6) is 0 Å². The van der Waals surface area contributed by atoms with Gasteiger partial charge in [0, 0.05) is 20.2 Å². The first-order valence-electron chi connectivity index (χ1n) is 6.99. The van der Waals surface area contributed by atoms with Crippen LogP contribution in [0.15, 0.2) is 0 Å². The van der Waals surface area contributed by atoms with Gasteiger partial charge in [0.1, 0.15) is 13.2 Å². The highest BCUT2D eigenvalue weighted by Crippen LogP contribution is 1.81. The number of likely N-dealkylation sites (N-methyl/N-ethyl adjacent to an activating group) is 1. The quantitative estimate of drug-likeness (QED) is 0.397. The molecule has 0 heterocycles. The zero-order chi connectivity index (χ0) is 15.8. The summed E-state index contributed by atoms with van der Waals surface area (Å²) in [4.78, 5) is 22.1. The Hall–Kier alpha value is -1.22. The van der Waals surface area contributed by atoms with Gasteiger partial charge in [-0.3, -0.25) is 9.59 Å². The van der Waals surface area contributed by atoms with Crippen LogP contribution in [0.1, 0.15) is 6.92 Å². The monoisotopic (exact) mass is 306 g/mol. The molecule has 0 saturated carbocycles. The molecule has 0 spiro atoms. The summed E-state index contributed by atoms with van der Waals surface area (Å²) in [6.07, 6.45) is 0. The summed E-state index contributed by atoms with van der Waals surface area (Å²) in [5.41, 5.74) is 0. The maximum Gasteiger partial charge on any atom is 0.246 e. The molecule has 2 N–H and O–H groups in total. The zero-order valence-electron chi connectivity index (χ0n) is 12.8. The van der Waals surface area contributed by atoms with Crippen molar-refractivity contribution in [2.75, 3.05) is 66.4 Å². The van der Waals surface area contributed by atoms with Gasteiger partial charge in [-0.15, -0.1) is 0 Å². The molecule has 0 aromatic heterocycles. The van der Waals surface area contributed by atoms with E-state index in [2.05, 4.69) is 10.6 Å². The van der Waals surface area contributed by atoms with Gasteiger partial charge >= 0.3 is 0 Å². The van der Waals surface area contributed by atoms with Crippen molar-refractivity contribution in [3.05, 3.63) is 0 Å². The zero-order valence-corrected chi connectivity index (χ0v) is 12.8. The van der Waals surface area contributed by atoms with Crippen LogP contribution in [0, 0.1) is 0 Å². The molecule has 21 heavy (non-hydrogen) atoms. The first-order chi connectivity index (χ1) is 10.2. The van der Waals surface area contributed by atoms with E-state index in [9.17, 15) is 9.59 Å². The van der Waals surface area contributed by atoms with E-state index in [-0.39, 0.29) is 25.0 Å². The second kappa shape index (κ2) is 15.2. The predicted octanol–water partition coefficient (Wildman–Crippen LogP) is -1.07. The number of carbonyl (C=O) groups excluding carboxylic acids is 2. The Balaban J connectivity index is 3.19. The lowest BCUT2D eigenvalue weighted by Crippen LogP contribution is -2.31. The van der Waals surface area contributed by atoms with Crippen LogP contribution < -0.4 is 10.6 Å². The van der Waals surface area contributed by atoms with Gasteiger partial charge in [0.25, 0.3) is 0 Å². The Kier molecular flexibility index (Phi) is 14.3. The van der Waals surface area contributed by atoms with Crippen molar-refractivity contribution >= 4 is 11.8 Å². The van der Waals surface area contributed by atoms with Gasteiger partial charge in [0.15, 0.2) is 0 Å². The summed E-state index contributed by atoms with van der Waals surface area (Å²) < 4.78 is 20.4. The highest BCUT2D eigenvalue weighted by molar-refractivity contribution is 5.77. The molecule has 2 amide bonds. The van der Waals surface area contributed by atoms with Crippen molar-refractivity contribution in [1.82, 2.24) is 10.6 Å². The van der Waals surface area contributed by atoms with E-state index in [4.69, 9.17) is 18.9 Å². The first kappa shape index (κ1) is 19.8. The number of carbonyl (C=O) groups is 2. The van der Waals surface area contributed by atoms with Gasteiger partial charge in [-0.05, 0) is 6.92 Å². The number of nitrogens with one attached hydrogen (secondary N) is 2. The van der Waals surface area contributed by atoms with E-state index in [1.54, 1.807) is 7.05 Å². The van der Waals surface area contributed by atoms with Gasteiger partial charge < -0.3 is 29.6 Å². The van der Waals surface area contributed by atoms with Gasteiger partial charge in [-0.2, -0.15) is 0 Å². The molecule has 0 atom stereocenters. The molecular weight excluding hydrogens is 280 g/mol. The summed E-state index contributed by atoms with van der Waals surface area (Å²) in [5.74, 6) is -0.363. The highest BCUT2D eigenvalue weighted by atomic mass is 16.5. The van der Waals surface area contributed by atoms with Crippen molar-refractivity contribution in [2.45, 2.75) is 6.92 Å². The lowest BCUT2D eigenvalue weighted by molar-refractivity contribution is -0.127. The fourth-order valence-corrected chi connectivity index (χ4v) is 1.20. The summed E-state index contributed by atoms with van der Waals surface area (Å²) in [7, 11) is 1.55. The summed E-state index contributed by atoms with van der Waals surface area (Å²) >= 11 is 0. The number of rotatable bonds is 14. The molecule has 0 bridgehead atoms. The average Bonchev–Trinajstić information content (AvgIpc) is 2.49. The smallest absolute Gasteiger partial charge is 0.246 e. The topological polar surface area (TPSA) is 95.1 Å². The summed E-state index contributed by atoms with van der Waals surface area (Å²) in [6.45, 7) is 4.97. The fraction of sp³-hybridized carbons (Fsp3) is 0.846. The molecule has 0 unspecified atom stereocenters. The Morgan fingerprint density at radius 2 is 1.38 bits per heavy atom. The molecule has 0 aliphatic heterocycles. The standard InChI is InChI=1S/C13H26N2O6/c1-3-18-6-8-21-11-13(17)15-4-5-19-7-9-20-10-12(16)14-2/h3-11H2,1-2H3,(H,14,16)(H,15,17). The normalized spacial score (nSPS) is 10.4. The third kappa shape index (κ3) is 15.0. The van der Waals surface area contributed by atoms with E-state index >= 15 is 0 Å². The van der Waals surface area contributed by atoms with Crippen molar-refractivity contribution in [3.8, 4) is 0 Å². The molecule has 124 valence electrons. The number of hydrogen-bond acceptors (Lipinski definition) is 6. The highest BCUT2D eigenvalue weighted by Gasteiger charge is 2.00. The van der Waals surface area contributed by atoms with Gasteiger partial charge in [0.2, 0.25) is 11.8 Å². The SMILES string of the molecule is CCOCCOCC(=O)NCCOCCOCC(=O)NC. The van der Waals surface area contributed by atoms with Crippen molar-refractivity contribution in [3.63, 3.8) is 0 Å². The number of amides is 2. The first-order valence-corrected chi connectivity index (χ1v) is 6.99. The minimum atomic E-state index is -0.189. The summed E-state index contributed by atoms with van der Waals surface area (Å²) in [5, 5.41) is 5.10. The van der Waals surface area contributed by atoms with E-state index in [1.165, 1.54) is 0 Å². The van der Waals surface area contributed by atoms with E-state index < -0.39 is 0 Å². The molecule has 0 radical (unpaired) electrons. The second-order valence-electron chi connectivity index (χ2n) is 3.94. The molecule has 0 aromatic rings. The maximum absolute atomic E-state index is 11.3. The van der Waals surface area contributed by atoms with Crippen molar-refractivity contribution in [1.29, 1.82) is 0 Å². The minimum Gasteiger partial charge on any atom is -0.379 e. The molecule has 0 saturated heterocycles. The average molecular weight is 306 g/mol. The molecule has 0 rings (SSSR count). The third-order valence-corrected chi connectivity index (χ3v) is 2.26. The number of ether oxygens (including phenoxy) is 4. The largest absolute Gasteiger partial charge is 0.379 e. The van der Waals surface area contributed by atoms with Gasteiger partial charge in [0.05, 0.1) is 33.0 Å². The van der Waals surface area contributed by atoms with Crippen molar-refractivity contribution in [2.24, 2.45) is 0 Å². The Bertz CT molecular complexity index is 275. The van der Waals surface area contributed by atoms with Crippen molar-refractivity contribution < 1.29 is 28.5 Å². The number of hydrogen-bond donors (Lipinski definition) is 2. The Morgan fingerprint density at radius 1 is 0.810 bits per heavy atom. The molecule has 0 aromatic carbocycles. The molecule has 8 heteroatoms. The summed E-state index contributed by atoms with van der Waals surface area (Å²) in [6, 6.07) is 0. The van der Waals surface area contributed by atoms with E-state index in [0.717, 1.165) is 0 Å². The van der Waals surface area contributed by atoms with Crippen LogP contribution in [0.4, 0.5) is 0 Å². The molecular formula is C13H26N2O6. The van der Waals surface area contributed by atoms with Gasteiger partial charge in [-0.25, -0.2) is 0 Å². The van der Waals surface area contributed by atoms with Crippen LogP contribution in [0.2, 0.25) is 0 Å². The fourth-order valence-electron chi connectivity index (χ4n) is 1.20. The second-order valence-corrected chi connectivity index (χ2v) is 3.94. The van der Waals surface area contributed by atoms with Crippen LogP contribution in [-0.2, 0) is 28.5 Å². The van der Waals surface area contributed by atoms with Crippen LogP contribution in [0.3, 0.4) is 0 Å². The molecule has 8 nitrogen and oxygen atoms in total. The third-order valence-electron chi connectivity index (χ3n) is 2.26. The lowest BCUT2D eigenvalue weighted by Gasteiger charge is -2.07. The van der Waals surface area contributed by atoms with E-state index in [0.29, 0.717) is 46.2 Å². The van der Waals surface area contributed by atoms with Gasteiger partial charge in [-0.1, -0.05) is 0 Å². The van der Waals surface area contributed by atoms with Crippen LogP contribution >= 0.6 is 0 Å². The lowest BCUT2D eigenvalue weighted by atomic mass is 10.6. The Labute approximate surface area is 125 Å². The van der Waals surface area contributed by atoms with Crippen LogP contribution in [-0.4, -0.2) is 78.3 Å². The maximum atomic E-state index is 11.3. The Morgan fingerprint density at radius 3 is 2.00 bits per heavy atom. The minimum absolute atomic E-state index is 0.0162. The van der Waals surface area contributed by atoms with E-state index in [1.807, 2.05) is 6.92 Å².